The number of piperidine rings is 1. The Kier molecular flexibility index (Phi) is 5.92. The second-order valence-corrected chi connectivity index (χ2v) is 8.15. The predicted molar refractivity (Wildman–Crippen MR) is 114 cm³/mol. The van der Waals surface area contributed by atoms with E-state index in [9.17, 15) is 4.79 Å². The highest BCUT2D eigenvalue weighted by Gasteiger charge is 2.26. The number of thiazole rings is 1. The summed E-state index contributed by atoms with van der Waals surface area (Å²) in [4.78, 5) is 19.6. The summed E-state index contributed by atoms with van der Waals surface area (Å²) in [6, 6.07) is 8.10. The van der Waals surface area contributed by atoms with Gasteiger partial charge in [0.25, 0.3) is 0 Å². The van der Waals surface area contributed by atoms with Gasteiger partial charge >= 0.3 is 0 Å². The van der Waals surface area contributed by atoms with E-state index in [2.05, 4.69) is 26.4 Å². The van der Waals surface area contributed by atoms with Crippen LogP contribution in [-0.2, 0) is 18.4 Å². The number of hydrogen-bond acceptors (Lipinski definition) is 6. The number of nitrogens with one attached hydrogen (secondary N) is 1. The fourth-order valence-corrected chi connectivity index (χ4v) is 4.38. The molecule has 1 fully saturated rings. The molecule has 1 aliphatic rings. The monoisotopic (exact) mass is 411 g/mol. The van der Waals surface area contributed by atoms with Gasteiger partial charge in [-0.3, -0.25) is 14.4 Å². The predicted octanol–water partition coefficient (Wildman–Crippen LogP) is 3.40. The van der Waals surface area contributed by atoms with Gasteiger partial charge in [0, 0.05) is 42.2 Å². The molecule has 0 radical (unpaired) electrons. The minimum atomic E-state index is 0.0228. The van der Waals surface area contributed by atoms with E-state index in [1.165, 1.54) is 16.9 Å². The second kappa shape index (κ2) is 8.75. The van der Waals surface area contributed by atoms with Crippen molar-refractivity contribution in [3.63, 3.8) is 0 Å². The molecule has 8 heteroatoms. The SMILES string of the molecule is COc1ccccc1CN1CCC(C(=O)Nc2nc(-c3cnn(C)c3)cs2)CC1. The molecule has 1 N–H and O–H groups in total. The van der Waals surface area contributed by atoms with Crippen molar-refractivity contribution >= 4 is 22.4 Å². The zero-order chi connectivity index (χ0) is 20.2. The van der Waals surface area contributed by atoms with Gasteiger partial charge in [-0.2, -0.15) is 5.10 Å². The Balaban J connectivity index is 1.30. The Labute approximate surface area is 174 Å². The van der Waals surface area contributed by atoms with Gasteiger partial charge in [-0.15, -0.1) is 11.3 Å². The van der Waals surface area contributed by atoms with Crippen LogP contribution in [-0.4, -0.2) is 45.8 Å². The molecule has 7 nitrogen and oxygen atoms in total. The summed E-state index contributed by atoms with van der Waals surface area (Å²) in [5.74, 6) is 1.00. The zero-order valence-electron chi connectivity index (χ0n) is 16.7. The number of nitrogens with zero attached hydrogens (tertiary/aromatic N) is 4. The van der Waals surface area contributed by atoms with Crippen LogP contribution in [0.3, 0.4) is 0 Å². The molecule has 0 aliphatic carbocycles. The number of methoxy groups -OCH3 is 1. The van der Waals surface area contributed by atoms with E-state index in [1.807, 2.05) is 36.8 Å². The maximum absolute atomic E-state index is 12.7. The Morgan fingerprint density at radius 2 is 2.10 bits per heavy atom. The van der Waals surface area contributed by atoms with Crippen molar-refractivity contribution in [1.82, 2.24) is 19.7 Å². The highest BCUT2D eigenvalue weighted by Crippen LogP contribution is 2.27. The van der Waals surface area contributed by atoms with Crippen molar-refractivity contribution in [2.24, 2.45) is 13.0 Å². The van der Waals surface area contributed by atoms with Gasteiger partial charge in [-0.05, 0) is 32.0 Å². The van der Waals surface area contributed by atoms with Crippen LogP contribution in [0.4, 0.5) is 5.13 Å². The third-order valence-electron chi connectivity index (χ3n) is 5.28. The number of ether oxygens (including phenoxy) is 1. The number of anilines is 1. The minimum Gasteiger partial charge on any atom is -0.496 e. The first-order valence-corrected chi connectivity index (χ1v) is 10.6. The average molecular weight is 412 g/mol. The van der Waals surface area contributed by atoms with Gasteiger partial charge in [0.1, 0.15) is 5.75 Å². The van der Waals surface area contributed by atoms with Gasteiger partial charge in [-0.25, -0.2) is 4.98 Å². The third-order valence-corrected chi connectivity index (χ3v) is 6.04. The van der Waals surface area contributed by atoms with E-state index in [1.54, 1.807) is 18.0 Å². The first kappa shape index (κ1) is 19.6. The van der Waals surface area contributed by atoms with Crippen molar-refractivity contribution in [2.75, 3.05) is 25.5 Å². The van der Waals surface area contributed by atoms with E-state index in [4.69, 9.17) is 4.74 Å². The lowest BCUT2D eigenvalue weighted by molar-refractivity contribution is -0.121. The lowest BCUT2D eigenvalue weighted by Crippen LogP contribution is -2.37. The third kappa shape index (κ3) is 4.65. The number of carbonyl (C=O) groups excluding carboxylic acids is 1. The molecule has 0 atom stereocenters. The molecule has 3 aromatic rings. The number of likely N-dealkylation sites (tertiary alicyclic amines) is 1. The molecule has 0 spiro atoms. The van der Waals surface area contributed by atoms with E-state index in [-0.39, 0.29) is 11.8 Å². The topological polar surface area (TPSA) is 72.3 Å². The van der Waals surface area contributed by atoms with E-state index >= 15 is 0 Å². The fraction of sp³-hybridized carbons (Fsp3) is 0.381. The molecule has 29 heavy (non-hydrogen) atoms. The number of rotatable bonds is 6. The Morgan fingerprint density at radius 1 is 1.31 bits per heavy atom. The fourth-order valence-electron chi connectivity index (χ4n) is 3.65. The summed E-state index contributed by atoms with van der Waals surface area (Å²) in [7, 11) is 3.58. The van der Waals surface area contributed by atoms with Crippen LogP contribution in [0, 0.1) is 5.92 Å². The minimum absolute atomic E-state index is 0.0228. The molecule has 1 aliphatic heterocycles. The maximum atomic E-state index is 12.7. The molecule has 4 rings (SSSR count). The molecular formula is C21H25N5O2S. The van der Waals surface area contributed by atoms with Gasteiger partial charge in [0.2, 0.25) is 5.91 Å². The largest absolute Gasteiger partial charge is 0.496 e. The highest BCUT2D eigenvalue weighted by atomic mass is 32.1. The van der Waals surface area contributed by atoms with Crippen LogP contribution in [0.2, 0.25) is 0 Å². The standard InChI is InChI=1S/C21H25N5O2S/c1-25-12-17(11-22-25)18-14-29-21(23-18)24-20(27)15-7-9-26(10-8-15)13-16-5-3-4-6-19(16)28-2/h3-6,11-12,14-15H,7-10,13H2,1-2H3,(H,23,24,27). The Bertz CT molecular complexity index is 975. The van der Waals surface area contributed by atoms with Gasteiger partial charge in [0.15, 0.2) is 5.13 Å². The molecule has 1 aromatic carbocycles. The normalized spacial score (nSPS) is 15.4. The van der Waals surface area contributed by atoms with E-state index < -0.39 is 0 Å². The number of amides is 1. The first-order chi connectivity index (χ1) is 14.1. The molecular weight excluding hydrogens is 386 g/mol. The van der Waals surface area contributed by atoms with Crippen molar-refractivity contribution < 1.29 is 9.53 Å². The van der Waals surface area contributed by atoms with Crippen LogP contribution < -0.4 is 10.1 Å². The number of aromatic nitrogens is 3. The number of benzene rings is 1. The second-order valence-electron chi connectivity index (χ2n) is 7.29. The number of carbonyl (C=O) groups is 1. The summed E-state index contributed by atoms with van der Waals surface area (Å²) in [6.45, 7) is 2.64. The molecule has 0 unspecified atom stereocenters. The van der Waals surface area contributed by atoms with Crippen molar-refractivity contribution in [3.05, 3.63) is 47.6 Å². The Morgan fingerprint density at radius 3 is 2.83 bits per heavy atom. The number of para-hydroxylation sites is 1. The summed E-state index contributed by atoms with van der Waals surface area (Å²) >= 11 is 1.45. The molecule has 0 saturated carbocycles. The van der Waals surface area contributed by atoms with Crippen LogP contribution >= 0.6 is 11.3 Å². The summed E-state index contributed by atoms with van der Waals surface area (Å²) < 4.78 is 7.19. The molecule has 152 valence electrons. The van der Waals surface area contributed by atoms with Crippen molar-refractivity contribution in [1.29, 1.82) is 0 Å². The summed E-state index contributed by atoms with van der Waals surface area (Å²) in [5.41, 5.74) is 2.97. The Hall–Kier alpha value is -2.71. The van der Waals surface area contributed by atoms with Crippen LogP contribution in [0.25, 0.3) is 11.3 Å². The lowest BCUT2D eigenvalue weighted by Gasteiger charge is -2.31. The first-order valence-electron chi connectivity index (χ1n) is 9.72. The zero-order valence-corrected chi connectivity index (χ0v) is 17.5. The number of aryl methyl sites for hydroxylation is 1. The van der Waals surface area contributed by atoms with Crippen LogP contribution in [0.5, 0.6) is 5.75 Å². The lowest BCUT2D eigenvalue weighted by atomic mass is 9.95. The molecule has 1 amide bonds. The van der Waals surface area contributed by atoms with Crippen LogP contribution in [0.15, 0.2) is 42.0 Å². The molecule has 0 bridgehead atoms. The van der Waals surface area contributed by atoms with Gasteiger partial charge < -0.3 is 10.1 Å². The molecule has 3 heterocycles. The average Bonchev–Trinajstić information content (AvgIpc) is 3.38. The summed E-state index contributed by atoms with van der Waals surface area (Å²) in [5, 5.41) is 9.75. The highest BCUT2D eigenvalue weighted by molar-refractivity contribution is 7.14. The van der Waals surface area contributed by atoms with Gasteiger partial charge in [-0.1, -0.05) is 18.2 Å². The van der Waals surface area contributed by atoms with Crippen molar-refractivity contribution in [3.8, 4) is 17.0 Å². The molecule has 1 saturated heterocycles. The number of hydrogen-bond donors (Lipinski definition) is 1. The summed E-state index contributed by atoms with van der Waals surface area (Å²) in [6.07, 6.45) is 5.39. The maximum Gasteiger partial charge on any atom is 0.229 e. The van der Waals surface area contributed by atoms with Crippen LogP contribution in [0.1, 0.15) is 18.4 Å². The smallest absolute Gasteiger partial charge is 0.229 e. The van der Waals surface area contributed by atoms with E-state index in [0.717, 1.165) is 49.5 Å². The van der Waals surface area contributed by atoms with Crippen molar-refractivity contribution in [2.45, 2.75) is 19.4 Å². The quantitative estimate of drug-likeness (QED) is 0.673. The molecule has 2 aromatic heterocycles. The van der Waals surface area contributed by atoms with Gasteiger partial charge in [0.05, 0.1) is 19.0 Å². The van der Waals surface area contributed by atoms with E-state index in [0.29, 0.717) is 5.13 Å².